The second kappa shape index (κ2) is 3.83. The molecule has 0 radical (unpaired) electrons. The highest BCUT2D eigenvalue weighted by Crippen LogP contribution is 2.10. The van der Waals surface area contributed by atoms with Crippen molar-refractivity contribution in [2.75, 3.05) is 0 Å². The van der Waals surface area contributed by atoms with Gasteiger partial charge in [-0.15, -0.1) is 11.3 Å². The van der Waals surface area contributed by atoms with Crippen molar-refractivity contribution in [3.05, 3.63) is 28.7 Å². The van der Waals surface area contributed by atoms with E-state index < -0.39 is 0 Å². The number of hydrogen-bond donors (Lipinski definition) is 1. The van der Waals surface area contributed by atoms with E-state index in [9.17, 15) is 0 Å². The summed E-state index contributed by atoms with van der Waals surface area (Å²) < 4.78 is 0. The fourth-order valence-electron chi connectivity index (χ4n) is 1.36. The monoisotopic (exact) mass is 180 g/mol. The maximum Gasteiger partial charge on any atom is 0.106 e. The number of nitrogens with zero attached hydrogens (tertiary/aromatic N) is 1. The van der Waals surface area contributed by atoms with Crippen LogP contribution in [0.5, 0.6) is 0 Å². The van der Waals surface area contributed by atoms with E-state index in [0.29, 0.717) is 6.04 Å². The van der Waals surface area contributed by atoms with Crippen LogP contribution in [0.2, 0.25) is 0 Å². The summed E-state index contributed by atoms with van der Waals surface area (Å²) in [6, 6.07) is 0.647. The van der Waals surface area contributed by atoms with Gasteiger partial charge < -0.3 is 5.32 Å². The first kappa shape index (κ1) is 7.95. The summed E-state index contributed by atoms with van der Waals surface area (Å²) in [7, 11) is 0. The summed E-state index contributed by atoms with van der Waals surface area (Å²) in [4.78, 5) is 4.21. The van der Waals surface area contributed by atoms with Gasteiger partial charge in [-0.3, -0.25) is 0 Å². The van der Waals surface area contributed by atoms with Gasteiger partial charge in [-0.25, -0.2) is 4.98 Å². The van der Waals surface area contributed by atoms with Gasteiger partial charge in [0.2, 0.25) is 0 Å². The van der Waals surface area contributed by atoms with Gasteiger partial charge >= 0.3 is 0 Å². The molecule has 0 bridgehead atoms. The lowest BCUT2D eigenvalue weighted by Gasteiger charge is -2.09. The number of aromatic nitrogens is 1. The number of hydrogen-bond acceptors (Lipinski definition) is 3. The molecule has 0 saturated heterocycles. The van der Waals surface area contributed by atoms with Crippen LogP contribution in [0, 0.1) is 0 Å². The smallest absolute Gasteiger partial charge is 0.106 e. The van der Waals surface area contributed by atoms with E-state index in [1.54, 1.807) is 11.3 Å². The van der Waals surface area contributed by atoms with Crippen LogP contribution in [0.25, 0.3) is 0 Å². The summed E-state index contributed by atoms with van der Waals surface area (Å²) in [5.74, 6) is 0. The van der Waals surface area contributed by atoms with Crippen molar-refractivity contribution in [1.82, 2.24) is 10.3 Å². The second-order valence-corrected chi connectivity index (χ2v) is 3.93. The standard InChI is InChI=1S/C9H12N2S/c1-2-4-8(3-1)11-7-9-10-5-6-12-9/h1-2,5-6,8,11H,3-4,7H2. The van der Waals surface area contributed by atoms with Crippen LogP contribution in [0.4, 0.5) is 0 Å². The van der Waals surface area contributed by atoms with E-state index in [1.165, 1.54) is 17.8 Å². The molecule has 64 valence electrons. The predicted molar refractivity (Wildman–Crippen MR) is 51.1 cm³/mol. The van der Waals surface area contributed by atoms with Crippen LogP contribution in [0.15, 0.2) is 23.7 Å². The Balaban J connectivity index is 1.75. The molecule has 0 fully saturated rings. The molecule has 0 saturated carbocycles. The van der Waals surface area contributed by atoms with E-state index in [2.05, 4.69) is 22.5 Å². The first-order chi connectivity index (χ1) is 5.95. The SMILES string of the molecule is C1=CCC(NCc2nccs2)C1. The first-order valence-corrected chi connectivity index (χ1v) is 5.10. The largest absolute Gasteiger partial charge is 0.307 e. The van der Waals surface area contributed by atoms with Crippen LogP contribution in [-0.2, 0) is 6.54 Å². The number of nitrogens with one attached hydrogen (secondary N) is 1. The molecule has 1 aliphatic rings. The van der Waals surface area contributed by atoms with Gasteiger partial charge in [0, 0.05) is 24.2 Å². The molecule has 1 aromatic heterocycles. The van der Waals surface area contributed by atoms with Gasteiger partial charge in [0.15, 0.2) is 0 Å². The van der Waals surface area contributed by atoms with Gasteiger partial charge in [-0.1, -0.05) is 12.2 Å². The maximum absolute atomic E-state index is 4.21. The van der Waals surface area contributed by atoms with Crippen LogP contribution in [0.1, 0.15) is 17.8 Å². The zero-order chi connectivity index (χ0) is 8.23. The molecule has 12 heavy (non-hydrogen) atoms. The zero-order valence-electron chi connectivity index (χ0n) is 6.86. The Morgan fingerprint density at radius 1 is 1.50 bits per heavy atom. The lowest BCUT2D eigenvalue weighted by Crippen LogP contribution is -2.25. The summed E-state index contributed by atoms with van der Waals surface area (Å²) >= 11 is 1.71. The molecule has 0 atom stereocenters. The second-order valence-electron chi connectivity index (χ2n) is 2.95. The van der Waals surface area contributed by atoms with Crippen LogP contribution >= 0.6 is 11.3 Å². The number of thiazole rings is 1. The normalized spacial score (nSPS) is 17.3. The van der Waals surface area contributed by atoms with Crippen LogP contribution in [-0.4, -0.2) is 11.0 Å². The Morgan fingerprint density at radius 2 is 2.33 bits per heavy atom. The first-order valence-electron chi connectivity index (χ1n) is 4.22. The molecule has 1 aromatic rings. The maximum atomic E-state index is 4.21. The van der Waals surface area contributed by atoms with Crippen molar-refractivity contribution in [2.45, 2.75) is 25.4 Å². The van der Waals surface area contributed by atoms with Gasteiger partial charge in [-0.05, 0) is 12.8 Å². The molecule has 0 aliphatic heterocycles. The highest BCUT2D eigenvalue weighted by atomic mass is 32.1. The Kier molecular flexibility index (Phi) is 2.54. The van der Waals surface area contributed by atoms with Crippen LogP contribution in [0.3, 0.4) is 0 Å². The Hall–Kier alpha value is -0.670. The third-order valence-corrected chi connectivity index (χ3v) is 2.81. The minimum absolute atomic E-state index is 0.647. The molecule has 2 nitrogen and oxygen atoms in total. The lowest BCUT2D eigenvalue weighted by atomic mass is 10.2. The van der Waals surface area contributed by atoms with E-state index in [0.717, 1.165) is 6.54 Å². The summed E-state index contributed by atoms with van der Waals surface area (Å²) in [5, 5.41) is 6.67. The molecule has 0 spiro atoms. The van der Waals surface area contributed by atoms with E-state index in [4.69, 9.17) is 0 Å². The summed E-state index contributed by atoms with van der Waals surface area (Å²) in [6.07, 6.45) is 8.67. The number of rotatable bonds is 3. The van der Waals surface area contributed by atoms with Gasteiger partial charge in [-0.2, -0.15) is 0 Å². The van der Waals surface area contributed by atoms with Crippen LogP contribution < -0.4 is 5.32 Å². The molecular formula is C9H12N2S. The molecule has 0 amide bonds. The third kappa shape index (κ3) is 1.93. The lowest BCUT2D eigenvalue weighted by molar-refractivity contribution is 0.537. The van der Waals surface area contributed by atoms with Crippen molar-refractivity contribution >= 4 is 11.3 Å². The minimum Gasteiger partial charge on any atom is -0.307 e. The molecule has 1 N–H and O–H groups in total. The molecule has 0 unspecified atom stereocenters. The Morgan fingerprint density at radius 3 is 3.00 bits per heavy atom. The molecule has 0 aromatic carbocycles. The fourth-order valence-corrected chi connectivity index (χ4v) is 1.92. The average molecular weight is 180 g/mol. The Labute approximate surface area is 76.3 Å². The summed E-state index contributed by atoms with van der Waals surface area (Å²) in [6.45, 7) is 0.921. The Bertz CT molecular complexity index is 246. The fraction of sp³-hybridized carbons (Fsp3) is 0.444. The topological polar surface area (TPSA) is 24.9 Å². The van der Waals surface area contributed by atoms with Crippen molar-refractivity contribution in [3.63, 3.8) is 0 Å². The van der Waals surface area contributed by atoms with Crippen molar-refractivity contribution in [3.8, 4) is 0 Å². The third-order valence-electron chi connectivity index (χ3n) is 2.03. The van der Waals surface area contributed by atoms with Crippen molar-refractivity contribution < 1.29 is 0 Å². The predicted octanol–water partition coefficient (Wildman–Crippen LogP) is 1.95. The van der Waals surface area contributed by atoms with Gasteiger partial charge in [0.25, 0.3) is 0 Å². The van der Waals surface area contributed by atoms with Crippen molar-refractivity contribution in [1.29, 1.82) is 0 Å². The highest BCUT2D eigenvalue weighted by molar-refractivity contribution is 7.09. The molecular weight excluding hydrogens is 168 g/mol. The van der Waals surface area contributed by atoms with E-state index in [-0.39, 0.29) is 0 Å². The summed E-state index contributed by atoms with van der Waals surface area (Å²) in [5.41, 5.74) is 0. The van der Waals surface area contributed by atoms with E-state index in [1.807, 2.05) is 11.6 Å². The average Bonchev–Trinajstić information content (AvgIpc) is 2.74. The quantitative estimate of drug-likeness (QED) is 0.719. The molecule has 1 heterocycles. The zero-order valence-corrected chi connectivity index (χ0v) is 7.68. The van der Waals surface area contributed by atoms with Crippen molar-refractivity contribution in [2.24, 2.45) is 0 Å². The molecule has 2 rings (SSSR count). The van der Waals surface area contributed by atoms with Gasteiger partial charge in [0.1, 0.15) is 5.01 Å². The van der Waals surface area contributed by atoms with Gasteiger partial charge in [0.05, 0.1) is 0 Å². The molecule has 1 aliphatic carbocycles. The minimum atomic E-state index is 0.647. The molecule has 3 heteroatoms. The van der Waals surface area contributed by atoms with E-state index >= 15 is 0 Å². The highest BCUT2D eigenvalue weighted by Gasteiger charge is 2.08.